The van der Waals surface area contributed by atoms with Gasteiger partial charge in [0.25, 0.3) is 0 Å². The Morgan fingerprint density at radius 2 is 2.38 bits per heavy atom. The molecule has 4 heteroatoms. The molecule has 0 spiro atoms. The third-order valence-corrected chi connectivity index (χ3v) is 3.08. The third kappa shape index (κ3) is 2.34. The first-order valence-corrected chi connectivity index (χ1v) is 5.55. The number of hydrogen-bond acceptors (Lipinski definition) is 4. The molecule has 2 rings (SSSR count). The summed E-state index contributed by atoms with van der Waals surface area (Å²) in [4.78, 5) is 0. The standard InChI is InChI=1S/C9H12N2OS/c1-7-2-3-9(11-10-7)12-8-4-5-13-6-8/h2-3,8H,4-6H2,1H3. The zero-order valence-electron chi connectivity index (χ0n) is 7.56. The highest BCUT2D eigenvalue weighted by Crippen LogP contribution is 2.21. The number of aromatic nitrogens is 2. The summed E-state index contributed by atoms with van der Waals surface area (Å²) in [5.74, 6) is 2.93. The van der Waals surface area contributed by atoms with Crippen molar-refractivity contribution in [1.29, 1.82) is 0 Å². The van der Waals surface area contributed by atoms with Gasteiger partial charge in [0.15, 0.2) is 0 Å². The summed E-state index contributed by atoms with van der Waals surface area (Å²) in [5, 5.41) is 7.90. The van der Waals surface area contributed by atoms with Crippen molar-refractivity contribution in [2.75, 3.05) is 11.5 Å². The van der Waals surface area contributed by atoms with E-state index in [4.69, 9.17) is 4.74 Å². The molecule has 70 valence electrons. The molecule has 0 aromatic carbocycles. The second-order valence-electron chi connectivity index (χ2n) is 3.12. The smallest absolute Gasteiger partial charge is 0.233 e. The Balaban J connectivity index is 1.97. The first-order chi connectivity index (χ1) is 6.34. The molecule has 0 amide bonds. The van der Waals surface area contributed by atoms with Crippen LogP contribution in [0.3, 0.4) is 0 Å². The minimum atomic E-state index is 0.335. The lowest BCUT2D eigenvalue weighted by Gasteiger charge is -2.10. The number of ether oxygens (including phenoxy) is 1. The summed E-state index contributed by atoms with van der Waals surface area (Å²) >= 11 is 1.93. The van der Waals surface area contributed by atoms with Crippen molar-refractivity contribution in [3.05, 3.63) is 17.8 Å². The van der Waals surface area contributed by atoms with Crippen LogP contribution in [0.15, 0.2) is 12.1 Å². The zero-order valence-corrected chi connectivity index (χ0v) is 8.38. The van der Waals surface area contributed by atoms with Gasteiger partial charge in [0.1, 0.15) is 6.10 Å². The molecule has 1 fully saturated rings. The maximum atomic E-state index is 5.64. The summed E-state index contributed by atoms with van der Waals surface area (Å²) in [7, 11) is 0. The highest BCUT2D eigenvalue weighted by molar-refractivity contribution is 7.99. The van der Waals surface area contributed by atoms with Crippen LogP contribution in [0.5, 0.6) is 5.88 Å². The maximum Gasteiger partial charge on any atom is 0.233 e. The molecule has 1 saturated heterocycles. The van der Waals surface area contributed by atoms with Gasteiger partial charge in [-0.25, -0.2) is 0 Å². The highest BCUT2D eigenvalue weighted by atomic mass is 32.2. The Labute approximate surface area is 81.9 Å². The Hall–Kier alpha value is -0.770. The Morgan fingerprint density at radius 3 is 3.00 bits per heavy atom. The summed E-state index contributed by atoms with van der Waals surface area (Å²) in [6.45, 7) is 1.92. The fourth-order valence-corrected chi connectivity index (χ4v) is 2.32. The van der Waals surface area contributed by atoms with Gasteiger partial charge in [0.05, 0.1) is 5.69 Å². The van der Waals surface area contributed by atoms with Crippen molar-refractivity contribution < 1.29 is 4.74 Å². The third-order valence-electron chi connectivity index (χ3n) is 1.95. The van der Waals surface area contributed by atoms with Crippen molar-refractivity contribution in [2.45, 2.75) is 19.4 Å². The monoisotopic (exact) mass is 196 g/mol. The molecular formula is C9H12N2OS. The topological polar surface area (TPSA) is 35.0 Å². The number of rotatable bonds is 2. The van der Waals surface area contributed by atoms with Crippen molar-refractivity contribution in [3.8, 4) is 5.88 Å². The van der Waals surface area contributed by atoms with Gasteiger partial charge < -0.3 is 4.74 Å². The minimum absolute atomic E-state index is 0.335. The normalized spacial score (nSPS) is 21.8. The largest absolute Gasteiger partial charge is 0.472 e. The van der Waals surface area contributed by atoms with Gasteiger partial charge in [-0.1, -0.05) is 0 Å². The van der Waals surface area contributed by atoms with Crippen molar-refractivity contribution >= 4 is 11.8 Å². The molecule has 0 N–H and O–H groups in total. The van der Waals surface area contributed by atoms with Crippen LogP contribution in [0.2, 0.25) is 0 Å². The van der Waals surface area contributed by atoms with E-state index in [-0.39, 0.29) is 0 Å². The number of aryl methyl sites for hydroxylation is 1. The number of thioether (sulfide) groups is 1. The molecule has 0 saturated carbocycles. The summed E-state index contributed by atoms with van der Waals surface area (Å²) < 4.78 is 5.64. The molecule has 13 heavy (non-hydrogen) atoms. The van der Waals surface area contributed by atoms with Gasteiger partial charge in [-0.05, 0) is 25.2 Å². The van der Waals surface area contributed by atoms with Gasteiger partial charge in [0, 0.05) is 11.8 Å². The molecule has 3 nitrogen and oxygen atoms in total. The van der Waals surface area contributed by atoms with E-state index in [0.29, 0.717) is 12.0 Å². The molecule has 1 aliphatic heterocycles. The van der Waals surface area contributed by atoms with Crippen LogP contribution in [-0.2, 0) is 0 Å². The SMILES string of the molecule is Cc1ccc(OC2CCSC2)nn1. The molecule has 0 aliphatic carbocycles. The zero-order chi connectivity index (χ0) is 9.10. The molecule has 1 aliphatic rings. The first kappa shape index (κ1) is 8.81. The molecular weight excluding hydrogens is 184 g/mol. The Bertz CT molecular complexity index is 269. The lowest BCUT2D eigenvalue weighted by Crippen LogP contribution is -2.15. The van der Waals surface area contributed by atoms with Crippen LogP contribution >= 0.6 is 11.8 Å². The average molecular weight is 196 g/mol. The van der Waals surface area contributed by atoms with Crippen LogP contribution in [-0.4, -0.2) is 27.8 Å². The summed E-state index contributed by atoms with van der Waals surface area (Å²) in [5.41, 5.74) is 0.924. The number of hydrogen-bond donors (Lipinski definition) is 0. The molecule has 0 radical (unpaired) electrons. The van der Waals surface area contributed by atoms with E-state index in [0.717, 1.165) is 17.9 Å². The minimum Gasteiger partial charge on any atom is -0.472 e. The summed E-state index contributed by atoms with van der Waals surface area (Å²) in [6, 6.07) is 3.80. The van der Waals surface area contributed by atoms with Gasteiger partial charge >= 0.3 is 0 Å². The number of nitrogens with zero attached hydrogens (tertiary/aromatic N) is 2. The van der Waals surface area contributed by atoms with E-state index in [1.807, 2.05) is 30.8 Å². The fraction of sp³-hybridized carbons (Fsp3) is 0.556. The molecule has 1 aromatic heterocycles. The van der Waals surface area contributed by atoms with Crippen LogP contribution in [0.25, 0.3) is 0 Å². The van der Waals surface area contributed by atoms with Gasteiger partial charge in [0.2, 0.25) is 5.88 Å². The highest BCUT2D eigenvalue weighted by Gasteiger charge is 2.17. The van der Waals surface area contributed by atoms with Crippen LogP contribution < -0.4 is 4.74 Å². The van der Waals surface area contributed by atoms with Crippen LogP contribution in [0.4, 0.5) is 0 Å². The second-order valence-corrected chi connectivity index (χ2v) is 4.27. The van der Waals surface area contributed by atoms with Crippen LogP contribution in [0.1, 0.15) is 12.1 Å². The molecule has 1 aromatic rings. The van der Waals surface area contributed by atoms with E-state index < -0.39 is 0 Å². The Morgan fingerprint density at radius 1 is 1.46 bits per heavy atom. The van der Waals surface area contributed by atoms with E-state index in [9.17, 15) is 0 Å². The quantitative estimate of drug-likeness (QED) is 0.720. The molecule has 0 bridgehead atoms. The fourth-order valence-electron chi connectivity index (χ4n) is 1.23. The van der Waals surface area contributed by atoms with Crippen LogP contribution in [0, 0.1) is 6.92 Å². The van der Waals surface area contributed by atoms with Crippen molar-refractivity contribution in [1.82, 2.24) is 10.2 Å². The molecule has 1 unspecified atom stereocenters. The van der Waals surface area contributed by atoms with Gasteiger partial charge in [-0.2, -0.15) is 16.9 Å². The maximum absolute atomic E-state index is 5.64. The van der Waals surface area contributed by atoms with E-state index in [2.05, 4.69) is 10.2 Å². The van der Waals surface area contributed by atoms with Gasteiger partial charge in [-0.3, -0.25) is 0 Å². The molecule has 2 heterocycles. The summed E-state index contributed by atoms with van der Waals surface area (Å²) in [6.07, 6.45) is 1.46. The molecule has 1 atom stereocenters. The lowest BCUT2D eigenvalue weighted by molar-refractivity contribution is 0.217. The average Bonchev–Trinajstić information content (AvgIpc) is 2.62. The lowest BCUT2D eigenvalue weighted by atomic mass is 10.3. The predicted molar refractivity (Wildman–Crippen MR) is 53.1 cm³/mol. The van der Waals surface area contributed by atoms with E-state index in [1.54, 1.807) is 0 Å². The van der Waals surface area contributed by atoms with Gasteiger partial charge in [-0.15, -0.1) is 5.10 Å². The van der Waals surface area contributed by atoms with E-state index >= 15 is 0 Å². The second kappa shape index (κ2) is 3.96. The predicted octanol–water partition coefficient (Wildman–Crippen LogP) is 1.67. The van der Waals surface area contributed by atoms with Crippen molar-refractivity contribution in [2.24, 2.45) is 0 Å². The van der Waals surface area contributed by atoms with Crippen molar-refractivity contribution in [3.63, 3.8) is 0 Å². The van der Waals surface area contributed by atoms with E-state index in [1.165, 1.54) is 5.75 Å². The first-order valence-electron chi connectivity index (χ1n) is 4.39. The Kier molecular flexibility index (Phi) is 2.68.